The largest absolute Gasteiger partial charge is 0.466 e. The molecule has 0 radical (unpaired) electrons. The number of carbonyl (C=O) groups excluding carboxylic acids is 1. The van der Waals surface area contributed by atoms with E-state index in [2.05, 4.69) is 6.07 Å². The van der Waals surface area contributed by atoms with Crippen LogP contribution in [0.5, 0.6) is 0 Å². The summed E-state index contributed by atoms with van der Waals surface area (Å²) in [5, 5.41) is 18.4. The second-order valence-electron chi connectivity index (χ2n) is 3.83. The van der Waals surface area contributed by atoms with Gasteiger partial charge in [-0.05, 0) is 36.1 Å². The summed E-state index contributed by atoms with van der Waals surface area (Å²) in [5.74, 6) is -0.348. The Hall–Kier alpha value is -1.86. The first kappa shape index (κ1) is 14.2. The van der Waals surface area contributed by atoms with Crippen molar-refractivity contribution in [3.05, 3.63) is 34.4 Å². The van der Waals surface area contributed by atoms with E-state index < -0.39 is 0 Å². The molecule has 0 aromatic heterocycles. The number of ether oxygens (including phenoxy) is 1. The van der Waals surface area contributed by atoms with E-state index >= 15 is 0 Å². The molecule has 1 N–H and O–H groups in total. The third kappa shape index (κ3) is 3.08. The number of esters is 1. The molecule has 18 heavy (non-hydrogen) atoms. The average molecular weight is 247 g/mol. The number of nitriles is 1. The zero-order chi connectivity index (χ0) is 13.5. The quantitative estimate of drug-likeness (QED) is 0.804. The summed E-state index contributed by atoms with van der Waals surface area (Å²) in [4.78, 5) is 11.6. The van der Waals surface area contributed by atoms with Gasteiger partial charge in [-0.25, -0.2) is 0 Å². The first-order valence-electron chi connectivity index (χ1n) is 5.98. The van der Waals surface area contributed by atoms with Crippen LogP contribution in [0.15, 0.2) is 12.1 Å². The van der Waals surface area contributed by atoms with Gasteiger partial charge in [-0.2, -0.15) is 5.26 Å². The molecule has 0 bridgehead atoms. The van der Waals surface area contributed by atoms with Gasteiger partial charge in [-0.3, -0.25) is 4.79 Å². The maximum atomic E-state index is 11.6. The van der Waals surface area contributed by atoms with Crippen LogP contribution in [0.1, 0.15) is 36.1 Å². The van der Waals surface area contributed by atoms with Gasteiger partial charge >= 0.3 is 5.97 Å². The summed E-state index contributed by atoms with van der Waals surface area (Å²) < 4.78 is 4.91. The molecular formula is C14H17NO3. The predicted octanol–water partition coefficient (Wildman–Crippen LogP) is 1.72. The molecule has 96 valence electrons. The minimum absolute atomic E-state index is 0.0771. The summed E-state index contributed by atoms with van der Waals surface area (Å²) in [6.07, 6.45) is 0.744. The normalized spacial score (nSPS) is 9.89. The van der Waals surface area contributed by atoms with Gasteiger partial charge in [-0.15, -0.1) is 0 Å². The molecule has 0 heterocycles. The Labute approximate surface area is 107 Å². The van der Waals surface area contributed by atoms with Crippen LogP contribution in [0.25, 0.3) is 0 Å². The molecule has 1 aromatic rings. The maximum Gasteiger partial charge on any atom is 0.310 e. The third-order valence-corrected chi connectivity index (χ3v) is 2.80. The summed E-state index contributed by atoms with van der Waals surface area (Å²) in [6.45, 7) is 3.91. The fraction of sp³-hybridized carbons (Fsp3) is 0.429. The van der Waals surface area contributed by atoms with Crippen LogP contribution in [0.2, 0.25) is 0 Å². The van der Waals surface area contributed by atoms with Crippen molar-refractivity contribution in [3.8, 4) is 6.07 Å². The summed E-state index contributed by atoms with van der Waals surface area (Å²) in [6, 6.07) is 5.45. The Kier molecular flexibility index (Phi) is 5.34. The first-order chi connectivity index (χ1) is 8.67. The zero-order valence-corrected chi connectivity index (χ0v) is 10.7. The highest BCUT2D eigenvalue weighted by atomic mass is 16.5. The van der Waals surface area contributed by atoms with E-state index in [9.17, 15) is 9.90 Å². The number of hydrogen-bond acceptors (Lipinski definition) is 4. The third-order valence-electron chi connectivity index (χ3n) is 2.80. The van der Waals surface area contributed by atoms with E-state index in [0.29, 0.717) is 24.2 Å². The Morgan fingerprint density at radius 2 is 2.11 bits per heavy atom. The van der Waals surface area contributed by atoms with Crippen molar-refractivity contribution < 1.29 is 14.6 Å². The van der Waals surface area contributed by atoms with E-state index in [1.54, 1.807) is 19.1 Å². The predicted molar refractivity (Wildman–Crippen MR) is 66.8 cm³/mol. The molecule has 4 heteroatoms. The van der Waals surface area contributed by atoms with Crippen LogP contribution < -0.4 is 0 Å². The van der Waals surface area contributed by atoms with E-state index in [0.717, 1.165) is 11.1 Å². The molecule has 0 saturated heterocycles. The number of nitrogens with zero attached hydrogens (tertiary/aromatic N) is 1. The molecule has 0 saturated carbocycles. The minimum Gasteiger partial charge on any atom is -0.466 e. The summed E-state index contributed by atoms with van der Waals surface area (Å²) in [7, 11) is 0. The lowest BCUT2D eigenvalue weighted by Gasteiger charge is -2.13. The molecule has 0 aliphatic heterocycles. The molecule has 0 atom stereocenters. The van der Waals surface area contributed by atoms with E-state index in [-0.39, 0.29) is 19.0 Å². The maximum absolute atomic E-state index is 11.6. The smallest absolute Gasteiger partial charge is 0.310 e. The average Bonchev–Trinajstić information content (AvgIpc) is 2.38. The lowest BCUT2D eigenvalue weighted by molar-refractivity contribution is -0.142. The van der Waals surface area contributed by atoms with Crippen LogP contribution >= 0.6 is 0 Å². The second kappa shape index (κ2) is 6.77. The highest BCUT2D eigenvalue weighted by molar-refractivity contribution is 5.74. The Balaban J connectivity index is 3.20. The Morgan fingerprint density at radius 3 is 2.61 bits per heavy atom. The SMILES string of the molecule is CCOC(=O)Cc1c(C#N)ccc(CO)c1CC. The van der Waals surface area contributed by atoms with Crippen molar-refractivity contribution in [2.75, 3.05) is 6.61 Å². The molecule has 1 rings (SSSR count). The Morgan fingerprint density at radius 1 is 1.39 bits per heavy atom. The lowest BCUT2D eigenvalue weighted by atomic mass is 9.93. The summed E-state index contributed by atoms with van der Waals surface area (Å²) >= 11 is 0. The molecule has 0 amide bonds. The highest BCUT2D eigenvalue weighted by Gasteiger charge is 2.15. The Bertz CT molecular complexity index is 475. The van der Waals surface area contributed by atoms with Crippen molar-refractivity contribution in [3.63, 3.8) is 0 Å². The second-order valence-corrected chi connectivity index (χ2v) is 3.83. The number of aliphatic hydroxyl groups excluding tert-OH is 1. The molecular weight excluding hydrogens is 230 g/mol. The first-order valence-corrected chi connectivity index (χ1v) is 5.98. The van der Waals surface area contributed by atoms with Crippen LogP contribution in [-0.2, 0) is 29.0 Å². The number of hydrogen-bond donors (Lipinski definition) is 1. The fourth-order valence-electron chi connectivity index (χ4n) is 1.99. The van der Waals surface area contributed by atoms with Crippen molar-refractivity contribution in [2.24, 2.45) is 0 Å². The molecule has 0 aliphatic carbocycles. The fourth-order valence-corrected chi connectivity index (χ4v) is 1.99. The van der Waals surface area contributed by atoms with Gasteiger partial charge in [0.15, 0.2) is 0 Å². The molecule has 4 nitrogen and oxygen atoms in total. The summed E-state index contributed by atoms with van der Waals surface area (Å²) in [5.41, 5.74) is 2.77. The molecule has 0 fully saturated rings. The highest BCUT2D eigenvalue weighted by Crippen LogP contribution is 2.21. The van der Waals surface area contributed by atoms with Gasteiger partial charge in [-0.1, -0.05) is 13.0 Å². The number of carbonyl (C=O) groups is 1. The van der Waals surface area contributed by atoms with Crippen molar-refractivity contribution >= 4 is 5.97 Å². The topological polar surface area (TPSA) is 70.3 Å². The van der Waals surface area contributed by atoms with Gasteiger partial charge in [0.1, 0.15) is 0 Å². The lowest BCUT2D eigenvalue weighted by Crippen LogP contribution is -2.12. The van der Waals surface area contributed by atoms with Gasteiger partial charge < -0.3 is 9.84 Å². The minimum atomic E-state index is -0.348. The molecule has 0 aliphatic rings. The van der Waals surface area contributed by atoms with E-state index in [1.807, 2.05) is 6.92 Å². The van der Waals surface area contributed by atoms with E-state index in [1.165, 1.54) is 0 Å². The standard InChI is InChI=1S/C14H17NO3/c1-3-12-11(9-16)6-5-10(8-15)13(12)7-14(17)18-4-2/h5-6,16H,3-4,7,9H2,1-2H3. The zero-order valence-electron chi connectivity index (χ0n) is 10.7. The number of aliphatic hydroxyl groups is 1. The van der Waals surface area contributed by atoms with Crippen molar-refractivity contribution in [1.82, 2.24) is 0 Å². The van der Waals surface area contributed by atoms with Crippen molar-refractivity contribution in [2.45, 2.75) is 33.3 Å². The van der Waals surface area contributed by atoms with Gasteiger partial charge in [0.05, 0.1) is 31.3 Å². The molecule has 0 unspecified atom stereocenters. The van der Waals surface area contributed by atoms with Crippen LogP contribution in [0.4, 0.5) is 0 Å². The van der Waals surface area contributed by atoms with Gasteiger partial charge in [0.25, 0.3) is 0 Å². The van der Waals surface area contributed by atoms with Gasteiger partial charge in [0.2, 0.25) is 0 Å². The monoisotopic (exact) mass is 247 g/mol. The van der Waals surface area contributed by atoms with Crippen LogP contribution in [0.3, 0.4) is 0 Å². The molecule has 0 spiro atoms. The number of benzene rings is 1. The van der Waals surface area contributed by atoms with Crippen molar-refractivity contribution in [1.29, 1.82) is 5.26 Å². The van der Waals surface area contributed by atoms with E-state index in [4.69, 9.17) is 10.00 Å². The number of rotatable bonds is 5. The van der Waals surface area contributed by atoms with Crippen LogP contribution in [0, 0.1) is 11.3 Å². The van der Waals surface area contributed by atoms with Crippen LogP contribution in [-0.4, -0.2) is 17.7 Å². The molecule has 1 aromatic carbocycles. The van der Waals surface area contributed by atoms with Gasteiger partial charge in [0, 0.05) is 0 Å².